The number of hydrogen-bond acceptors (Lipinski definition) is 4. The number of nitrogens with zero attached hydrogens (tertiary/aromatic N) is 1. The number of rotatable bonds is 5. The summed E-state index contributed by atoms with van der Waals surface area (Å²) < 4.78 is 5.31. The fourth-order valence-electron chi connectivity index (χ4n) is 2.41. The molecule has 5 nitrogen and oxygen atoms in total. The highest BCUT2D eigenvalue weighted by Crippen LogP contribution is 2.16. The lowest BCUT2D eigenvalue weighted by Gasteiger charge is -2.31. The Morgan fingerprint density at radius 1 is 1.30 bits per heavy atom. The largest absolute Gasteiger partial charge is 0.462 e. The molecule has 1 aromatic carbocycles. The smallest absolute Gasteiger partial charge is 0.313 e. The third kappa shape index (κ3) is 4.66. The summed E-state index contributed by atoms with van der Waals surface area (Å²) in [5.41, 5.74) is 6.49. The molecule has 0 bridgehead atoms. The fourth-order valence-corrected chi connectivity index (χ4v) is 2.41. The van der Waals surface area contributed by atoms with Crippen LogP contribution in [-0.4, -0.2) is 35.9 Å². The molecule has 0 unspecified atom stereocenters. The molecule has 0 aliphatic carbocycles. The molecule has 108 valence electrons. The van der Waals surface area contributed by atoms with Gasteiger partial charge >= 0.3 is 5.97 Å². The number of benzene rings is 1. The summed E-state index contributed by atoms with van der Waals surface area (Å²) >= 11 is 0. The van der Waals surface area contributed by atoms with Crippen molar-refractivity contribution in [3.8, 4) is 0 Å². The molecule has 5 heteroatoms. The van der Waals surface area contributed by atoms with Crippen LogP contribution in [0.4, 0.5) is 0 Å². The van der Waals surface area contributed by atoms with Crippen molar-refractivity contribution in [1.82, 2.24) is 4.90 Å². The van der Waals surface area contributed by atoms with Crippen LogP contribution in [0.15, 0.2) is 30.3 Å². The summed E-state index contributed by atoms with van der Waals surface area (Å²) in [4.78, 5) is 13.8. The van der Waals surface area contributed by atoms with Gasteiger partial charge < -0.3 is 10.5 Å². The van der Waals surface area contributed by atoms with E-state index in [0.29, 0.717) is 0 Å². The molecular weight excluding hydrogens is 254 g/mol. The predicted molar refractivity (Wildman–Crippen MR) is 77.4 cm³/mol. The van der Waals surface area contributed by atoms with Crippen LogP contribution in [0.2, 0.25) is 0 Å². The van der Waals surface area contributed by atoms with Crippen molar-refractivity contribution < 1.29 is 9.53 Å². The van der Waals surface area contributed by atoms with E-state index in [9.17, 15) is 4.79 Å². The van der Waals surface area contributed by atoms with Crippen LogP contribution >= 0.6 is 0 Å². The molecule has 1 aromatic rings. The highest BCUT2D eigenvalue weighted by Gasteiger charge is 2.22. The number of likely N-dealkylation sites (tertiary alicyclic amines) is 1. The van der Waals surface area contributed by atoms with Crippen LogP contribution in [0.1, 0.15) is 24.8 Å². The highest BCUT2D eigenvalue weighted by molar-refractivity contribution is 5.94. The van der Waals surface area contributed by atoms with Crippen molar-refractivity contribution in [2.75, 3.05) is 13.1 Å². The Hall–Kier alpha value is -1.88. The lowest BCUT2D eigenvalue weighted by molar-refractivity contribution is -0.149. The molecule has 1 heterocycles. The number of esters is 1. The van der Waals surface area contributed by atoms with Crippen LogP contribution in [0, 0.1) is 5.41 Å². The van der Waals surface area contributed by atoms with E-state index in [1.807, 2.05) is 18.2 Å². The van der Waals surface area contributed by atoms with E-state index >= 15 is 0 Å². The summed E-state index contributed by atoms with van der Waals surface area (Å²) in [6.45, 7) is 2.79. The SMILES string of the molecule is N=C(N)CC(=O)OC1CCN(Cc2ccccc2)CC1. The van der Waals surface area contributed by atoms with E-state index < -0.39 is 0 Å². The molecule has 0 amide bonds. The maximum Gasteiger partial charge on any atom is 0.313 e. The van der Waals surface area contributed by atoms with Gasteiger partial charge in [0.15, 0.2) is 0 Å². The standard InChI is InChI=1S/C15H21N3O2/c16-14(17)10-15(19)20-13-6-8-18(9-7-13)11-12-4-2-1-3-5-12/h1-5,13H,6-11H2,(H3,16,17). The third-order valence-corrected chi connectivity index (χ3v) is 3.42. The zero-order valence-corrected chi connectivity index (χ0v) is 11.5. The van der Waals surface area contributed by atoms with Gasteiger partial charge in [0.2, 0.25) is 0 Å². The molecule has 1 saturated heterocycles. The van der Waals surface area contributed by atoms with Gasteiger partial charge in [0.1, 0.15) is 18.4 Å². The molecule has 1 aliphatic heterocycles. The number of carbonyl (C=O) groups is 1. The summed E-state index contributed by atoms with van der Waals surface area (Å²) in [6, 6.07) is 10.4. The van der Waals surface area contributed by atoms with Crippen LogP contribution in [0.3, 0.4) is 0 Å². The number of nitrogens with one attached hydrogen (secondary N) is 1. The minimum absolute atomic E-state index is 0.0335. The van der Waals surface area contributed by atoms with E-state index in [4.69, 9.17) is 15.9 Å². The Labute approximate surface area is 119 Å². The summed E-state index contributed by atoms with van der Waals surface area (Å²) in [7, 11) is 0. The number of carbonyl (C=O) groups excluding carboxylic acids is 1. The normalized spacial score (nSPS) is 16.8. The van der Waals surface area contributed by atoms with E-state index in [0.717, 1.165) is 32.5 Å². The zero-order chi connectivity index (χ0) is 14.4. The van der Waals surface area contributed by atoms with Gasteiger partial charge in [-0.15, -0.1) is 0 Å². The Morgan fingerprint density at radius 3 is 2.55 bits per heavy atom. The summed E-state index contributed by atoms with van der Waals surface area (Å²) in [6.07, 6.45) is 1.55. The zero-order valence-electron chi connectivity index (χ0n) is 11.5. The van der Waals surface area contributed by atoms with Crippen LogP contribution in [-0.2, 0) is 16.1 Å². The average molecular weight is 275 g/mol. The van der Waals surface area contributed by atoms with Crippen molar-refractivity contribution in [2.45, 2.75) is 31.9 Å². The first-order valence-electron chi connectivity index (χ1n) is 6.92. The molecule has 1 aliphatic rings. The van der Waals surface area contributed by atoms with Crippen LogP contribution in [0.25, 0.3) is 0 Å². The number of amidine groups is 1. The Kier molecular flexibility index (Phi) is 5.12. The van der Waals surface area contributed by atoms with Crippen LogP contribution in [0.5, 0.6) is 0 Å². The van der Waals surface area contributed by atoms with E-state index in [1.54, 1.807) is 0 Å². The third-order valence-electron chi connectivity index (χ3n) is 3.42. The minimum atomic E-state index is -0.390. The van der Waals surface area contributed by atoms with Crippen molar-refractivity contribution in [3.63, 3.8) is 0 Å². The number of piperidine rings is 1. The minimum Gasteiger partial charge on any atom is -0.462 e. The van der Waals surface area contributed by atoms with Gasteiger partial charge in [-0.2, -0.15) is 0 Å². The van der Waals surface area contributed by atoms with Crippen LogP contribution < -0.4 is 5.73 Å². The Bertz CT molecular complexity index is 453. The quantitative estimate of drug-likeness (QED) is 0.485. The first-order valence-corrected chi connectivity index (χ1v) is 6.92. The van der Waals surface area contributed by atoms with Crippen molar-refractivity contribution in [3.05, 3.63) is 35.9 Å². The monoisotopic (exact) mass is 275 g/mol. The van der Waals surface area contributed by atoms with Crippen molar-refractivity contribution in [2.24, 2.45) is 5.73 Å². The molecule has 0 aromatic heterocycles. The van der Waals surface area contributed by atoms with E-state index in [2.05, 4.69) is 17.0 Å². The van der Waals surface area contributed by atoms with Gasteiger partial charge in [-0.25, -0.2) is 0 Å². The summed E-state index contributed by atoms with van der Waals surface area (Å²) in [5, 5.41) is 7.07. The average Bonchev–Trinajstić information content (AvgIpc) is 2.41. The molecule has 0 spiro atoms. The number of hydrogen-bond donors (Lipinski definition) is 2. The van der Waals surface area contributed by atoms with Crippen molar-refractivity contribution >= 4 is 11.8 Å². The molecule has 0 atom stereocenters. The second-order valence-electron chi connectivity index (χ2n) is 5.15. The number of ether oxygens (including phenoxy) is 1. The summed E-state index contributed by atoms with van der Waals surface area (Å²) in [5.74, 6) is -0.532. The molecule has 2 rings (SSSR count). The van der Waals surface area contributed by atoms with Gasteiger partial charge in [0, 0.05) is 19.6 Å². The molecular formula is C15H21N3O2. The first kappa shape index (κ1) is 14.5. The van der Waals surface area contributed by atoms with Gasteiger partial charge in [0.05, 0.1) is 0 Å². The van der Waals surface area contributed by atoms with Gasteiger partial charge in [-0.3, -0.25) is 15.1 Å². The van der Waals surface area contributed by atoms with Gasteiger partial charge in [-0.1, -0.05) is 30.3 Å². The second kappa shape index (κ2) is 7.05. The van der Waals surface area contributed by atoms with E-state index in [-0.39, 0.29) is 24.3 Å². The molecule has 1 fully saturated rings. The molecule has 0 radical (unpaired) electrons. The lowest BCUT2D eigenvalue weighted by atomic mass is 10.1. The molecule has 20 heavy (non-hydrogen) atoms. The second-order valence-corrected chi connectivity index (χ2v) is 5.15. The first-order chi connectivity index (χ1) is 9.63. The highest BCUT2D eigenvalue weighted by atomic mass is 16.5. The number of nitrogens with two attached hydrogens (primary N) is 1. The maximum atomic E-state index is 11.4. The van der Waals surface area contributed by atoms with E-state index in [1.165, 1.54) is 5.56 Å². The van der Waals surface area contributed by atoms with Crippen molar-refractivity contribution in [1.29, 1.82) is 5.41 Å². The van der Waals surface area contributed by atoms with Gasteiger partial charge in [0.25, 0.3) is 0 Å². The fraction of sp³-hybridized carbons (Fsp3) is 0.467. The predicted octanol–water partition coefficient (Wildman–Crippen LogP) is 1.52. The Morgan fingerprint density at radius 2 is 1.95 bits per heavy atom. The van der Waals surface area contributed by atoms with Gasteiger partial charge in [-0.05, 0) is 18.4 Å². The topological polar surface area (TPSA) is 79.4 Å². The molecule has 3 N–H and O–H groups in total. The lowest BCUT2D eigenvalue weighted by Crippen LogP contribution is -2.37. The Balaban J connectivity index is 1.72. The maximum absolute atomic E-state index is 11.4. The molecule has 0 saturated carbocycles.